The van der Waals surface area contributed by atoms with E-state index in [0.717, 1.165) is 12.8 Å². The molecule has 0 heterocycles. The number of carbonyl (C=O) groups is 1. The van der Waals surface area contributed by atoms with Crippen LogP contribution in [0.4, 0.5) is 0 Å². The van der Waals surface area contributed by atoms with Crippen molar-refractivity contribution in [2.24, 2.45) is 5.41 Å². The molecule has 0 spiro atoms. The maximum Gasteiger partial charge on any atom is 0.138 e. The van der Waals surface area contributed by atoms with E-state index in [4.69, 9.17) is 4.74 Å². The van der Waals surface area contributed by atoms with E-state index in [-0.39, 0.29) is 11.0 Å². The van der Waals surface area contributed by atoms with Crippen LogP contribution in [0.5, 0.6) is 0 Å². The van der Waals surface area contributed by atoms with Crippen molar-refractivity contribution in [2.75, 3.05) is 6.61 Å². The SMILES string of the molecule is CCC(C)(C)C(=O)CCCOC(C)(C)C. The summed E-state index contributed by atoms with van der Waals surface area (Å²) in [5, 5.41) is 0. The van der Waals surface area contributed by atoms with Gasteiger partial charge < -0.3 is 4.74 Å². The molecule has 0 rings (SSSR count). The van der Waals surface area contributed by atoms with E-state index in [1.165, 1.54) is 0 Å². The number of ether oxygens (including phenoxy) is 1. The van der Waals surface area contributed by atoms with Gasteiger partial charge in [-0.25, -0.2) is 0 Å². The number of ketones is 1. The average Bonchev–Trinajstić information content (AvgIpc) is 2.10. The third-order valence-electron chi connectivity index (χ3n) is 2.72. The summed E-state index contributed by atoms with van der Waals surface area (Å²) < 4.78 is 5.57. The van der Waals surface area contributed by atoms with E-state index in [0.29, 0.717) is 18.8 Å². The Balaban J connectivity index is 3.74. The zero-order valence-corrected chi connectivity index (χ0v) is 11.1. The molecule has 0 aromatic heterocycles. The van der Waals surface area contributed by atoms with Crippen molar-refractivity contribution in [3.05, 3.63) is 0 Å². The molecule has 0 fully saturated rings. The third kappa shape index (κ3) is 6.67. The maximum atomic E-state index is 11.8. The van der Waals surface area contributed by atoms with Crippen LogP contribution in [0.1, 0.15) is 60.8 Å². The van der Waals surface area contributed by atoms with Gasteiger partial charge in [0.25, 0.3) is 0 Å². The lowest BCUT2D eigenvalue weighted by atomic mass is 9.83. The van der Waals surface area contributed by atoms with Gasteiger partial charge in [-0.2, -0.15) is 0 Å². The molecule has 0 N–H and O–H groups in total. The number of hydrogen-bond donors (Lipinski definition) is 0. The Morgan fingerprint density at radius 1 is 1.13 bits per heavy atom. The average molecular weight is 214 g/mol. The Bertz CT molecular complexity index is 199. The molecule has 0 amide bonds. The molecule has 0 aliphatic carbocycles. The highest BCUT2D eigenvalue weighted by atomic mass is 16.5. The number of rotatable bonds is 6. The van der Waals surface area contributed by atoms with Gasteiger partial charge in [-0.3, -0.25) is 4.79 Å². The zero-order valence-electron chi connectivity index (χ0n) is 11.1. The summed E-state index contributed by atoms with van der Waals surface area (Å²) >= 11 is 0. The number of hydrogen-bond acceptors (Lipinski definition) is 2. The van der Waals surface area contributed by atoms with Gasteiger partial charge in [-0.05, 0) is 33.6 Å². The van der Waals surface area contributed by atoms with Crippen LogP contribution < -0.4 is 0 Å². The summed E-state index contributed by atoms with van der Waals surface area (Å²) in [6.45, 7) is 12.9. The summed E-state index contributed by atoms with van der Waals surface area (Å²) in [5.74, 6) is 0.350. The van der Waals surface area contributed by atoms with E-state index in [2.05, 4.69) is 6.92 Å². The highest BCUT2D eigenvalue weighted by Gasteiger charge is 2.24. The zero-order chi connectivity index (χ0) is 12.1. The first-order chi connectivity index (χ1) is 6.69. The molecule has 0 atom stereocenters. The summed E-state index contributed by atoms with van der Waals surface area (Å²) in [7, 11) is 0. The first-order valence-corrected chi connectivity index (χ1v) is 5.86. The van der Waals surface area contributed by atoms with Gasteiger partial charge in [0.2, 0.25) is 0 Å². The number of Topliss-reactive ketones (excluding diaryl/α,β-unsaturated/α-hetero) is 1. The van der Waals surface area contributed by atoms with Crippen molar-refractivity contribution < 1.29 is 9.53 Å². The minimum atomic E-state index is -0.165. The molecule has 0 unspecified atom stereocenters. The first kappa shape index (κ1) is 14.6. The fourth-order valence-corrected chi connectivity index (χ4v) is 1.15. The van der Waals surface area contributed by atoms with E-state index in [1.807, 2.05) is 34.6 Å². The fraction of sp³-hybridized carbons (Fsp3) is 0.923. The van der Waals surface area contributed by atoms with Gasteiger partial charge in [0.1, 0.15) is 5.78 Å². The Morgan fingerprint density at radius 2 is 1.67 bits per heavy atom. The molecule has 0 aliphatic rings. The van der Waals surface area contributed by atoms with E-state index in [9.17, 15) is 4.79 Å². The van der Waals surface area contributed by atoms with Crippen molar-refractivity contribution in [3.8, 4) is 0 Å². The van der Waals surface area contributed by atoms with Crippen molar-refractivity contribution in [1.29, 1.82) is 0 Å². The van der Waals surface area contributed by atoms with E-state index < -0.39 is 0 Å². The molecular formula is C13H26O2. The van der Waals surface area contributed by atoms with Gasteiger partial charge in [-0.15, -0.1) is 0 Å². The van der Waals surface area contributed by atoms with Crippen LogP contribution in [0.3, 0.4) is 0 Å². The van der Waals surface area contributed by atoms with Crippen molar-refractivity contribution >= 4 is 5.78 Å². The van der Waals surface area contributed by atoms with Crippen LogP contribution in [0, 0.1) is 5.41 Å². The molecule has 0 radical (unpaired) electrons. The molecule has 90 valence electrons. The normalized spacial score (nSPS) is 12.9. The molecule has 0 saturated carbocycles. The van der Waals surface area contributed by atoms with Crippen LogP contribution in [-0.4, -0.2) is 18.0 Å². The van der Waals surface area contributed by atoms with Crippen LogP contribution in [0.25, 0.3) is 0 Å². The van der Waals surface area contributed by atoms with Crippen LogP contribution in [-0.2, 0) is 9.53 Å². The molecular weight excluding hydrogens is 188 g/mol. The molecule has 15 heavy (non-hydrogen) atoms. The Kier molecular flexibility index (Phi) is 5.50. The summed E-state index contributed by atoms with van der Waals surface area (Å²) in [6, 6.07) is 0. The Hall–Kier alpha value is -0.370. The minimum absolute atomic E-state index is 0.0939. The smallest absolute Gasteiger partial charge is 0.138 e. The lowest BCUT2D eigenvalue weighted by Gasteiger charge is -2.22. The maximum absolute atomic E-state index is 11.8. The van der Waals surface area contributed by atoms with Crippen molar-refractivity contribution in [3.63, 3.8) is 0 Å². The summed E-state index contributed by atoms with van der Waals surface area (Å²) in [5.41, 5.74) is -0.259. The van der Waals surface area contributed by atoms with Gasteiger partial charge in [0.05, 0.1) is 5.60 Å². The van der Waals surface area contributed by atoms with Crippen LogP contribution in [0.2, 0.25) is 0 Å². The summed E-state index contributed by atoms with van der Waals surface area (Å²) in [4.78, 5) is 11.8. The second kappa shape index (κ2) is 5.64. The highest BCUT2D eigenvalue weighted by Crippen LogP contribution is 2.23. The molecule has 0 aliphatic heterocycles. The van der Waals surface area contributed by atoms with Crippen LogP contribution >= 0.6 is 0 Å². The van der Waals surface area contributed by atoms with Gasteiger partial charge in [-0.1, -0.05) is 20.8 Å². The molecule has 0 bridgehead atoms. The topological polar surface area (TPSA) is 26.3 Å². The second-order valence-corrected chi connectivity index (χ2v) is 5.73. The fourth-order valence-electron chi connectivity index (χ4n) is 1.15. The molecule has 0 aromatic carbocycles. The second-order valence-electron chi connectivity index (χ2n) is 5.73. The molecule has 0 aromatic rings. The predicted octanol–water partition coefficient (Wildman–Crippen LogP) is 3.59. The molecule has 2 nitrogen and oxygen atoms in total. The first-order valence-electron chi connectivity index (χ1n) is 5.86. The molecule has 0 saturated heterocycles. The predicted molar refractivity (Wildman–Crippen MR) is 64.0 cm³/mol. The van der Waals surface area contributed by atoms with Gasteiger partial charge in [0, 0.05) is 18.4 Å². The van der Waals surface area contributed by atoms with Crippen LogP contribution in [0.15, 0.2) is 0 Å². The van der Waals surface area contributed by atoms with E-state index >= 15 is 0 Å². The van der Waals surface area contributed by atoms with Crippen molar-refractivity contribution in [2.45, 2.75) is 66.4 Å². The van der Waals surface area contributed by atoms with Crippen molar-refractivity contribution in [1.82, 2.24) is 0 Å². The quantitative estimate of drug-likeness (QED) is 0.632. The summed E-state index contributed by atoms with van der Waals surface area (Å²) in [6.07, 6.45) is 2.38. The lowest BCUT2D eigenvalue weighted by Crippen LogP contribution is -2.24. The number of carbonyl (C=O) groups excluding carboxylic acids is 1. The molecule has 2 heteroatoms. The van der Waals surface area contributed by atoms with E-state index in [1.54, 1.807) is 0 Å². The van der Waals surface area contributed by atoms with Gasteiger partial charge in [0.15, 0.2) is 0 Å². The van der Waals surface area contributed by atoms with Gasteiger partial charge >= 0.3 is 0 Å². The largest absolute Gasteiger partial charge is 0.376 e. The Labute approximate surface area is 94.4 Å². The minimum Gasteiger partial charge on any atom is -0.376 e. The Morgan fingerprint density at radius 3 is 2.07 bits per heavy atom. The standard InChI is InChI=1S/C13H26O2/c1-7-13(5,6)11(14)9-8-10-15-12(2,3)4/h7-10H2,1-6H3. The third-order valence-corrected chi connectivity index (χ3v) is 2.72. The monoisotopic (exact) mass is 214 g/mol. The highest BCUT2D eigenvalue weighted by molar-refractivity contribution is 5.83. The lowest BCUT2D eigenvalue weighted by molar-refractivity contribution is -0.127.